The van der Waals surface area contributed by atoms with Gasteiger partial charge in [0.05, 0.1) is 17.7 Å². The van der Waals surface area contributed by atoms with Crippen molar-refractivity contribution in [2.75, 3.05) is 49.1 Å². The van der Waals surface area contributed by atoms with Gasteiger partial charge in [0.25, 0.3) is 5.56 Å². The topological polar surface area (TPSA) is 48.8 Å². The third-order valence-electron chi connectivity index (χ3n) is 6.67. The number of nitrogens with zero attached hydrogens (tertiary/aromatic N) is 4. The molecule has 2 heterocycles. The zero-order chi connectivity index (χ0) is 24.2. The summed E-state index contributed by atoms with van der Waals surface area (Å²) in [6, 6.07) is 29.4. The van der Waals surface area contributed by atoms with Crippen LogP contribution in [0.2, 0.25) is 0 Å². The normalized spacial score (nSPS) is 14.3. The molecule has 0 unspecified atom stereocenters. The van der Waals surface area contributed by atoms with Crippen molar-refractivity contribution in [1.82, 2.24) is 9.47 Å². The molecule has 6 nitrogen and oxygen atoms in total. The number of rotatable bonds is 6. The van der Waals surface area contributed by atoms with Gasteiger partial charge in [-0.2, -0.15) is 0 Å². The number of amides is 1. The highest BCUT2D eigenvalue weighted by Crippen LogP contribution is 2.27. The first-order valence-corrected chi connectivity index (χ1v) is 12.2. The SMILES string of the molecule is CCN(C(=O)CN1CCN(c2cc(=O)n(-c3ccccc3)c3ccccc23)CC1)c1ccccc1. The van der Waals surface area contributed by atoms with E-state index in [0.717, 1.165) is 54.1 Å². The summed E-state index contributed by atoms with van der Waals surface area (Å²) in [6.45, 7) is 6.13. The zero-order valence-electron chi connectivity index (χ0n) is 20.0. The number of aromatic nitrogens is 1. The van der Waals surface area contributed by atoms with Crippen LogP contribution >= 0.6 is 0 Å². The van der Waals surface area contributed by atoms with Crippen LogP contribution in [-0.2, 0) is 4.79 Å². The number of fused-ring (bicyclic) bond motifs is 1. The van der Waals surface area contributed by atoms with Crippen molar-refractivity contribution in [2.45, 2.75) is 6.92 Å². The van der Waals surface area contributed by atoms with Crippen molar-refractivity contribution in [2.24, 2.45) is 0 Å². The van der Waals surface area contributed by atoms with E-state index in [4.69, 9.17) is 0 Å². The summed E-state index contributed by atoms with van der Waals surface area (Å²) in [7, 11) is 0. The second-order valence-electron chi connectivity index (χ2n) is 8.79. The number of anilines is 2. The van der Waals surface area contributed by atoms with Gasteiger partial charge >= 0.3 is 0 Å². The Bertz CT molecular complexity index is 1360. The van der Waals surface area contributed by atoms with Crippen LogP contribution in [0, 0.1) is 0 Å². The van der Waals surface area contributed by atoms with Gasteiger partial charge in [0.15, 0.2) is 0 Å². The Morgan fingerprint density at radius 3 is 2.14 bits per heavy atom. The molecule has 3 aromatic carbocycles. The molecule has 0 radical (unpaired) electrons. The predicted molar refractivity (Wildman–Crippen MR) is 143 cm³/mol. The molecule has 0 saturated carbocycles. The maximum absolute atomic E-state index is 13.2. The van der Waals surface area contributed by atoms with Gasteiger partial charge in [0.1, 0.15) is 0 Å². The van der Waals surface area contributed by atoms with Gasteiger partial charge in [-0.1, -0.05) is 54.6 Å². The number of likely N-dealkylation sites (N-methyl/N-ethyl adjacent to an activating group) is 1. The van der Waals surface area contributed by atoms with E-state index in [9.17, 15) is 9.59 Å². The van der Waals surface area contributed by atoms with E-state index in [1.54, 1.807) is 10.6 Å². The minimum atomic E-state index is -0.0380. The van der Waals surface area contributed by atoms with E-state index < -0.39 is 0 Å². The van der Waals surface area contributed by atoms with Crippen LogP contribution in [0.4, 0.5) is 11.4 Å². The standard InChI is InChI=1S/C29H30N4O2/c1-2-32(23-11-5-3-6-12-23)29(35)22-30-17-19-31(20-18-30)27-21-28(34)33(24-13-7-4-8-14-24)26-16-10-9-15-25(26)27/h3-16,21H,2,17-20,22H2,1H3. The van der Waals surface area contributed by atoms with Crippen molar-refractivity contribution >= 4 is 28.2 Å². The van der Waals surface area contributed by atoms with Gasteiger partial charge in [-0.25, -0.2) is 0 Å². The minimum Gasteiger partial charge on any atom is -0.368 e. The number of piperazine rings is 1. The van der Waals surface area contributed by atoms with E-state index in [-0.39, 0.29) is 11.5 Å². The molecule has 0 atom stereocenters. The van der Waals surface area contributed by atoms with Crippen LogP contribution in [0.25, 0.3) is 16.6 Å². The van der Waals surface area contributed by atoms with Gasteiger partial charge in [-0.05, 0) is 37.3 Å². The van der Waals surface area contributed by atoms with Crippen molar-refractivity contribution in [3.05, 3.63) is 101 Å². The number of pyridine rings is 1. The first-order valence-electron chi connectivity index (χ1n) is 12.2. The second-order valence-corrected chi connectivity index (χ2v) is 8.79. The number of hydrogen-bond acceptors (Lipinski definition) is 4. The van der Waals surface area contributed by atoms with Crippen LogP contribution in [0.1, 0.15) is 6.92 Å². The van der Waals surface area contributed by atoms with Gasteiger partial charge < -0.3 is 9.80 Å². The van der Waals surface area contributed by atoms with E-state index in [1.165, 1.54) is 0 Å². The van der Waals surface area contributed by atoms with E-state index in [1.807, 2.05) is 90.7 Å². The van der Waals surface area contributed by atoms with E-state index >= 15 is 0 Å². The average Bonchev–Trinajstić information content (AvgIpc) is 2.90. The molecule has 0 aliphatic carbocycles. The van der Waals surface area contributed by atoms with Crippen molar-refractivity contribution < 1.29 is 4.79 Å². The molecular weight excluding hydrogens is 436 g/mol. The Kier molecular flexibility index (Phi) is 6.64. The third-order valence-corrected chi connectivity index (χ3v) is 6.67. The van der Waals surface area contributed by atoms with Crippen molar-refractivity contribution in [3.63, 3.8) is 0 Å². The smallest absolute Gasteiger partial charge is 0.257 e. The Morgan fingerprint density at radius 2 is 1.46 bits per heavy atom. The molecule has 1 fully saturated rings. The van der Waals surface area contributed by atoms with Gasteiger partial charge in [0.2, 0.25) is 5.91 Å². The highest BCUT2D eigenvalue weighted by molar-refractivity contribution is 5.95. The van der Waals surface area contributed by atoms with Crippen LogP contribution in [0.3, 0.4) is 0 Å². The van der Waals surface area contributed by atoms with E-state index in [2.05, 4.69) is 15.9 Å². The van der Waals surface area contributed by atoms with Crippen LogP contribution in [0.5, 0.6) is 0 Å². The van der Waals surface area contributed by atoms with E-state index in [0.29, 0.717) is 13.1 Å². The molecule has 1 saturated heterocycles. The highest BCUT2D eigenvalue weighted by Gasteiger charge is 2.24. The molecule has 178 valence electrons. The summed E-state index contributed by atoms with van der Waals surface area (Å²) in [5.41, 5.74) is 3.62. The third kappa shape index (κ3) is 4.70. The Balaban J connectivity index is 1.34. The monoisotopic (exact) mass is 466 g/mol. The molecule has 0 spiro atoms. The molecule has 0 N–H and O–H groups in total. The first kappa shape index (κ1) is 22.9. The Labute approximate surface area is 205 Å². The molecule has 1 aliphatic rings. The van der Waals surface area contributed by atoms with Gasteiger partial charge in [-0.3, -0.25) is 19.1 Å². The molecule has 5 rings (SSSR count). The second kappa shape index (κ2) is 10.2. The summed E-state index contributed by atoms with van der Waals surface area (Å²) < 4.78 is 1.77. The first-order chi connectivity index (χ1) is 17.2. The largest absolute Gasteiger partial charge is 0.368 e. The molecule has 1 aromatic heterocycles. The van der Waals surface area contributed by atoms with Crippen LogP contribution in [0.15, 0.2) is 95.8 Å². The fourth-order valence-electron chi connectivity index (χ4n) is 4.90. The van der Waals surface area contributed by atoms with Crippen LogP contribution < -0.4 is 15.4 Å². The fraction of sp³-hybridized carbons (Fsp3) is 0.241. The lowest BCUT2D eigenvalue weighted by Crippen LogP contribution is -2.50. The number of para-hydroxylation sites is 3. The molecular formula is C29H30N4O2. The molecule has 1 aliphatic heterocycles. The summed E-state index contributed by atoms with van der Waals surface area (Å²) in [5.74, 6) is 0.114. The number of carbonyl (C=O) groups is 1. The average molecular weight is 467 g/mol. The lowest BCUT2D eigenvalue weighted by molar-refractivity contribution is -0.119. The Hall–Kier alpha value is -3.90. The minimum absolute atomic E-state index is 0.0380. The molecule has 4 aromatic rings. The summed E-state index contributed by atoms with van der Waals surface area (Å²) in [6.07, 6.45) is 0. The summed E-state index contributed by atoms with van der Waals surface area (Å²) in [5, 5.41) is 1.06. The predicted octanol–water partition coefficient (Wildman–Crippen LogP) is 4.17. The number of benzene rings is 3. The number of carbonyl (C=O) groups excluding carboxylic acids is 1. The van der Waals surface area contributed by atoms with Crippen LogP contribution in [-0.4, -0.2) is 54.6 Å². The lowest BCUT2D eigenvalue weighted by Gasteiger charge is -2.37. The molecule has 0 bridgehead atoms. The number of hydrogen-bond donors (Lipinski definition) is 0. The maximum atomic E-state index is 13.2. The maximum Gasteiger partial charge on any atom is 0.257 e. The lowest BCUT2D eigenvalue weighted by atomic mass is 10.1. The fourth-order valence-corrected chi connectivity index (χ4v) is 4.90. The summed E-state index contributed by atoms with van der Waals surface area (Å²) >= 11 is 0. The zero-order valence-corrected chi connectivity index (χ0v) is 20.0. The molecule has 35 heavy (non-hydrogen) atoms. The van der Waals surface area contributed by atoms with Crippen molar-refractivity contribution in [3.8, 4) is 5.69 Å². The molecule has 6 heteroatoms. The quantitative estimate of drug-likeness (QED) is 0.428. The van der Waals surface area contributed by atoms with Gasteiger partial charge in [-0.15, -0.1) is 0 Å². The van der Waals surface area contributed by atoms with Crippen molar-refractivity contribution in [1.29, 1.82) is 0 Å². The highest BCUT2D eigenvalue weighted by atomic mass is 16.2. The Morgan fingerprint density at radius 1 is 0.829 bits per heavy atom. The summed E-state index contributed by atoms with van der Waals surface area (Å²) in [4.78, 5) is 32.6. The molecule has 1 amide bonds. The van der Waals surface area contributed by atoms with Gasteiger partial charge in [0, 0.05) is 55.6 Å².